The third kappa shape index (κ3) is 3.30. The molecule has 1 aliphatic heterocycles. The Kier molecular flexibility index (Phi) is 4.32. The molecule has 0 aromatic heterocycles. The van der Waals surface area contributed by atoms with Gasteiger partial charge < -0.3 is 10.1 Å². The van der Waals surface area contributed by atoms with Crippen LogP contribution in [-0.2, 0) is 15.7 Å². The monoisotopic (exact) mass is 287 g/mol. The van der Waals surface area contributed by atoms with Crippen molar-refractivity contribution in [1.29, 1.82) is 0 Å². The zero-order valence-electron chi connectivity index (χ0n) is 11.0. The molecular weight excluding hydrogens is 271 g/mol. The minimum Gasteiger partial charge on any atom is -0.469 e. The molecule has 3 nitrogen and oxygen atoms in total. The first-order chi connectivity index (χ1) is 9.41. The van der Waals surface area contributed by atoms with E-state index in [9.17, 15) is 18.0 Å². The van der Waals surface area contributed by atoms with Crippen LogP contribution in [0.4, 0.5) is 13.2 Å². The van der Waals surface area contributed by atoms with E-state index in [1.165, 1.54) is 19.2 Å². The van der Waals surface area contributed by atoms with E-state index in [-0.39, 0.29) is 17.9 Å². The van der Waals surface area contributed by atoms with Crippen LogP contribution in [0.1, 0.15) is 30.0 Å². The Labute approximate surface area is 115 Å². The standard InChI is InChI=1S/C14H16F3NO2/c1-20-13(19)10-4-7-12(18-8-10)9-2-5-11(6-3-9)14(15,16)17/h2-3,5-6,10,12,18H,4,7-8H2,1H3/t10-,12+/m1/s1. The van der Waals surface area contributed by atoms with Crippen molar-refractivity contribution in [1.82, 2.24) is 5.32 Å². The Balaban J connectivity index is 1.99. The Hall–Kier alpha value is -1.56. The number of nitrogens with one attached hydrogen (secondary N) is 1. The molecule has 1 heterocycles. The summed E-state index contributed by atoms with van der Waals surface area (Å²) in [7, 11) is 1.35. The van der Waals surface area contributed by atoms with E-state index in [1.807, 2.05) is 0 Å². The number of carbonyl (C=O) groups excluding carboxylic acids is 1. The molecule has 2 atom stereocenters. The van der Waals surface area contributed by atoms with E-state index in [1.54, 1.807) is 0 Å². The van der Waals surface area contributed by atoms with Crippen molar-refractivity contribution in [2.24, 2.45) is 5.92 Å². The number of carbonyl (C=O) groups is 1. The summed E-state index contributed by atoms with van der Waals surface area (Å²) in [5.74, 6) is -0.422. The normalized spacial score (nSPS) is 23.4. The van der Waals surface area contributed by atoms with Crippen LogP contribution >= 0.6 is 0 Å². The van der Waals surface area contributed by atoms with Gasteiger partial charge in [0.15, 0.2) is 0 Å². The van der Waals surface area contributed by atoms with Gasteiger partial charge in [0.25, 0.3) is 0 Å². The summed E-state index contributed by atoms with van der Waals surface area (Å²) in [5, 5.41) is 3.18. The summed E-state index contributed by atoms with van der Waals surface area (Å²) in [4.78, 5) is 11.4. The number of hydrogen-bond donors (Lipinski definition) is 1. The van der Waals surface area contributed by atoms with Crippen LogP contribution in [0.5, 0.6) is 0 Å². The molecule has 2 rings (SSSR count). The second-order valence-corrected chi connectivity index (χ2v) is 4.88. The third-order valence-corrected chi connectivity index (χ3v) is 3.59. The molecule has 0 bridgehead atoms. The van der Waals surface area contributed by atoms with Crippen molar-refractivity contribution >= 4 is 5.97 Å². The first kappa shape index (κ1) is 14.8. The van der Waals surface area contributed by atoms with Crippen LogP contribution in [0, 0.1) is 5.92 Å². The van der Waals surface area contributed by atoms with Crippen LogP contribution in [0.3, 0.4) is 0 Å². The molecular formula is C14H16F3NO2. The van der Waals surface area contributed by atoms with Crippen molar-refractivity contribution < 1.29 is 22.7 Å². The second-order valence-electron chi connectivity index (χ2n) is 4.88. The lowest BCUT2D eigenvalue weighted by atomic mass is 9.90. The second kappa shape index (κ2) is 5.83. The highest BCUT2D eigenvalue weighted by Crippen LogP contribution is 2.31. The SMILES string of the molecule is COC(=O)[C@@H]1CC[C@@H](c2ccc(C(F)(F)F)cc2)NC1. The van der Waals surface area contributed by atoms with Gasteiger partial charge in [-0.1, -0.05) is 12.1 Å². The van der Waals surface area contributed by atoms with Gasteiger partial charge in [0.05, 0.1) is 18.6 Å². The third-order valence-electron chi connectivity index (χ3n) is 3.59. The van der Waals surface area contributed by atoms with Crippen LogP contribution in [-0.4, -0.2) is 19.6 Å². The predicted molar refractivity (Wildman–Crippen MR) is 66.9 cm³/mol. The number of piperidine rings is 1. The van der Waals surface area contributed by atoms with Crippen LogP contribution in [0.25, 0.3) is 0 Å². The number of alkyl halides is 3. The predicted octanol–water partition coefficient (Wildman–Crippen LogP) is 2.92. The molecule has 1 aliphatic rings. The van der Waals surface area contributed by atoms with Gasteiger partial charge in [0, 0.05) is 12.6 Å². The average Bonchev–Trinajstić information content (AvgIpc) is 2.46. The molecule has 0 saturated carbocycles. The topological polar surface area (TPSA) is 38.3 Å². The lowest BCUT2D eigenvalue weighted by molar-refractivity contribution is -0.146. The van der Waals surface area contributed by atoms with Gasteiger partial charge in [-0.25, -0.2) is 0 Å². The van der Waals surface area contributed by atoms with Gasteiger partial charge in [-0.3, -0.25) is 4.79 Å². The van der Waals surface area contributed by atoms with Crippen LogP contribution in [0.15, 0.2) is 24.3 Å². The summed E-state index contributed by atoms with van der Waals surface area (Å²) in [6.45, 7) is 0.484. The fourth-order valence-electron chi connectivity index (χ4n) is 2.41. The average molecular weight is 287 g/mol. The van der Waals surface area contributed by atoms with Crippen LogP contribution in [0.2, 0.25) is 0 Å². The zero-order valence-corrected chi connectivity index (χ0v) is 11.0. The van der Waals surface area contributed by atoms with Gasteiger partial charge in [-0.15, -0.1) is 0 Å². The summed E-state index contributed by atoms with van der Waals surface area (Å²) < 4.78 is 42.1. The molecule has 0 amide bonds. The maximum absolute atomic E-state index is 12.5. The highest BCUT2D eigenvalue weighted by molar-refractivity contribution is 5.72. The summed E-state index contributed by atoms with van der Waals surface area (Å²) in [5.41, 5.74) is 0.158. The van der Waals surface area contributed by atoms with Crippen molar-refractivity contribution in [3.63, 3.8) is 0 Å². The molecule has 110 valence electrons. The Morgan fingerprint density at radius 2 is 1.90 bits per heavy atom. The van der Waals surface area contributed by atoms with Crippen LogP contribution < -0.4 is 5.32 Å². The Morgan fingerprint density at radius 3 is 2.35 bits per heavy atom. The van der Waals surface area contributed by atoms with E-state index < -0.39 is 11.7 Å². The first-order valence-electron chi connectivity index (χ1n) is 6.40. The van der Waals surface area contributed by atoms with Crippen molar-refractivity contribution in [3.8, 4) is 0 Å². The molecule has 1 aromatic carbocycles. The van der Waals surface area contributed by atoms with Gasteiger partial charge >= 0.3 is 12.1 Å². The number of benzene rings is 1. The first-order valence-corrected chi connectivity index (χ1v) is 6.40. The molecule has 0 radical (unpaired) electrons. The minimum atomic E-state index is -4.31. The maximum atomic E-state index is 12.5. The van der Waals surface area contributed by atoms with Crippen molar-refractivity contribution in [2.75, 3.05) is 13.7 Å². The smallest absolute Gasteiger partial charge is 0.416 e. The number of hydrogen-bond acceptors (Lipinski definition) is 3. The lowest BCUT2D eigenvalue weighted by Gasteiger charge is -2.28. The molecule has 1 aromatic rings. The number of ether oxygens (including phenoxy) is 1. The van der Waals surface area contributed by atoms with Crippen molar-refractivity contribution in [2.45, 2.75) is 25.1 Å². The number of esters is 1. The molecule has 1 fully saturated rings. The van der Waals surface area contributed by atoms with Gasteiger partial charge in [0.1, 0.15) is 0 Å². The highest BCUT2D eigenvalue weighted by atomic mass is 19.4. The van der Waals surface area contributed by atoms with E-state index in [0.29, 0.717) is 19.4 Å². The highest BCUT2D eigenvalue weighted by Gasteiger charge is 2.31. The molecule has 0 spiro atoms. The molecule has 1 N–H and O–H groups in total. The van der Waals surface area contributed by atoms with E-state index >= 15 is 0 Å². The fraction of sp³-hybridized carbons (Fsp3) is 0.500. The zero-order chi connectivity index (χ0) is 14.8. The van der Waals surface area contributed by atoms with Gasteiger partial charge in [0.2, 0.25) is 0 Å². The van der Waals surface area contributed by atoms with E-state index in [2.05, 4.69) is 10.1 Å². The Bertz CT molecular complexity index is 462. The molecule has 6 heteroatoms. The molecule has 1 saturated heterocycles. The number of halogens is 3. The quantitative estimate of drug-likeness (QED) is 0.850. The Morgan fingerprint density at radius 1 is 1.25 bits per heavy atom. The molecule has 0 aliphatic carbocycles. The lowest BCUT2D eigenvalue weighted by Crippen LogP contribution is -2.37. The summed E-state index contributed by atoms with van der Waals surface area (Å²) >= 11 is 0. The number of methoxy groups -OCH3 is 1. The minimum absolute atomic E-state index is 0.0156. The van der Waals surface area contributed by atoms with Gasteiger partial charge in [-0.05, 0) is 30.5 Å². The van der Waals surface area contributed by atoms with E-state index in [4.69, 9.17) is 0 Å². The largest absolute Gasteiger partial charge is 0.469 e. The van der Waals surface area contributed by atoms with Crippen molar-refractivity contribution in [3.05, 3.63) is 35.4 Å². The molecule has 0 unspecified atom stereocenters. The number of rotatable bonds is 2. The van der Waals surface area contributed by atoms with E-state index in [0.717, 1.165) is 17.7 Å². The summed E-state index contributed by atoms with van der Waals surface area (Å²) in [6, 6.07) is 5.13. The maximum Gasteiger partial charge on any atom is 0.416 e. The fourth-order valence-corrected chi connectivity index (χ4v) is 2.41. The molecule has 20 heavy (non-hydrogen) atoms. The van der Waals surface area contributed by atoms with Gasteiger partial charge in [-0.2, -0.15) is 13.2 Å². The summed E-state index contributed by atoms with van der Waals surface area (Å²) in [6.07, 6.45) is -2.94.